The summed E-state index contributed by atoms with van der Waals surface area (Å²) in [5.74, 6) is -0.0952. The lowest BCUT2D eigenvalue weighted by molar-refractivity contribution is -0.384. The number of thioether (sulfide) groups is 1. The highest BCUT2D eigenvalue weighted by Crippen LogP contribution is 2.26. The van der Waals surface area contributed by atoms with Gasteiger partial charge in [0, 0.05) is 42.0 Å². The molecule has 0 aliphatic heterocycles. The number of amides is 1. The quantitative estimate of drug-likeness (QED) is 0.131. The standard InChI is InChI=1S/C20H18Cl2N6O4S/c21-12-1-3-13(4-2-12)27-17(23)10-18(29)26-20(27)33-11-19(30)25-8-7-24-16-6-5-14(28(31)32)9-15(16)22/h1-6,9-10,24H,7-8,11,23H2,(H,25,30). The number of benzene rings is 2. The number of aromatic nitrogens is 2. The molecule has 0 saturated carbocycles. The first-order valence-electron chi connectivity index (χ1n) is 9.47. The summed E-state index contributed by atoms with van der Waals surface area (Å²) in [6, 6.07) is 12.1. The van der Waals surface area contributed by atoms with E-state index in [1.807, 2.05) is 0 Å². The minimum atomic E-state index is -0.533. The Bertz CT molecular complexity index is 1240. The zero-order valence-corrected chi connectivity index (χ0v) is 19.3. The molecule has 0 spiro atoms. The van der Waals surface area contributed by atoms with Crippen molar-refractivity contribution in [1.82, 2.24) is 14.9 Å². The van der Waals surface area contributed by atoms with Crippen LogP contribution in [-0.4, -0.2) is 39.2 Å². The molecule has 13 heteroatoms. The lowest BCUT2D eigenvalue weighted by Crippen LogP contribution is -2.30. The highest BCUT2D eigenvalue weighted by atomic mass is 35.5. The van der Waals surface area contributed by atoms with Crippen LogP contribution in [0, 0.1) is 10.1 Å². The predicted octanol–water partition coefficient (Wildman–Crippen LogP) is 3.35. The molecule has 3 aromatic rings. The van der Waals surface area contributed by atoms with Crippen molar-refractivity contribution in [1.29, 1.82) is 0 Å². The van der Waals surface area contributed by atoms with Crippen LogP contribution in [0.3, 0.4) is 0 Å². The van der Waals surface area contributed by atoms with Crippen molar-refractivity contribution in [3.05, 3.63) is 79.0 Å². The Balaban J connectivity index is 1.55. The van der Waals surface area contributed by atoms with Crippen molar-refractivity contribution < 1.29 is 9.72 Å². The second-order valence-electron chi connectivity index (χ2n) is 6.60. The molecule has 4 N–H and O–H groups in total. The molecule has 0 aliphatic carbocycles. The lowest BCUT2D eigenvalue weighted by atomic mass is 10.3. The van der Waals surface area contributed by atoms with Gasteiger partial charge >= 0.3 is 0 Å². The van der Waals surface area contributed by atoms with Crippen molar-refractivity contribution in [2.24, 2.45) is 0 Å². The topological polar surface area (TPSA) is 145 Å². The van der Waals surface area contributed by atoms with Gasteiger partial charge in [0.25, 0.3) is 11.2 Å². The van der Waals surface area contributed by atoms with E-state index >= 15 is 0 Å². The van der Waals surface area contributed by atoms with Crippen molar-refractivity contribution in [2.75, 3.05) is 29.9 Å². The first-order valence-corrected chi connectivity index (χ1v) is 11.2. The Morgan fingerprint density at radius 3 is 2.55 bits per heavy atom. The van der Waals surface area contributed by atoms with E-state index in [-0.39, 0.29) is 39.9 Å². The molecule has 0 aliphatic rings. The van der Waals surface area contributed by atoms with Crippen LogP contribution in [0.15, 0.2) is 58.5 Å². The molecule has 1 heterocycles. The Morgan fingerprint density at radius 1 is 1.15 bits per heavy atom. The summed E-state index contributed by atoms with van der Waals surface area (Å²) in [6.07, 6.45) is 0. The molecule has 172 valence electrons. The van der Waals surface area contributed by atoms with Gasteiger partial charge in [-0.25, -0.2) is 0 Å². The third kappa shape index (κ3) is 6.60. The van der Waals surface area contributed by atoms with E-state index in [1.165, 1.54) is 24.3 Å². The summed E-state index contributed by atoms with van der Waals surface area (Å²) < 4.78 is 1.56. The summed E-state index contributed by atoms with van der Waals surface area (Å²) in [5.41, 5.74) is 6.56. The maximum atomic E-state index is 12.3. The largest absolute Gasteiger partial charge is 0.385 e. The molecule has 0 radical (unpaired) electrons. The van der Waals surface area contributed by atoms with Gasteiger partial charge in [0.05, 0.1) is 21.4 Å². The molecule has 3 rings (SSSR count). The number of nitrogens with zero attached hydrogens (tertiary/aromatic N) is 3. The highest BCUT2D eigenvalue weighted by molar-refractivity contribution is 7.99. The zero-order chi connectivity index (χ0) is 24.0. The SMILES string of the molecule is Nc1cc(=O)nc(SCC(=O)NCCNc2ccc([N+](=O)[O-])cc2Cl)n1-c1ccc(Cl)cc1. The van der Waals surface area contributed by atoms with E-state index in [4.69, 9.17) is 28.9 Å². The predicted molar refractivity (Wildman–Crippen MR) is 130 cm³/mol. The van der Waals surface area contributed by atoms with E-state index in [0.29, 0.717) is 22.9 Å². The average molecular weight is 509 g/mol. The molecule has 1 amide bonds. The number of rotatable bonds is 9. The van der Waals surface area contributed by atoms with Crippen LogP contribution in [0.25, 0.3) is 5.69 Å². The van der Waals surface area contributed by atoms with Crippen molar-refractivity contribution in [3.8, 4) is 5.69 Å². The molecule has 2 aromatic carbocycles. The molecule has 0 unspecified atom stereocenters. The number of nitrogens with one attached hydrogen (secondary N) is 2. The number of carbonyl (C=O) groups excluding carboxylic acids is 1. The van der Waals surface area contributed by atoms with E-state index in [9.17, 15) is 19.7 Å². The molecule has 0 atom stereocenters. The number of non-ortho nitro benzene ring substituents is 1. The van der Waals surface area contributed by atoms with Crippen molar-refractivity contribution in [3.63, 3.8) is 0 Å². The lowest BCUT2D eigenvalue weighted by Gasteiger charge is -2.15. The average Bonchev–Trinajstić information content (AvgIpc) is 2.76. The highest BCUT2D eigenvalue weighted by Gasteiger charge is 2.13. The molecule has 33 heavy (non-hydrogen) atoms. The number of hydrogen-bond donors (Lipinski definition) is 3. The van der Waals surface area contributed by atoms with Gasteiger partial charge in [-0.15, -0.1) is 0 Å². The fraction of sp³-hybridized carbons (Fsp3) is 0.150. The Hall–Kier alpha value is -3.28. The van der Waals surface area contributed by atoms with Crippen molar-refractivity contribution in [2.45, 2.75) is 5.16 Å². The third-order valence-electron chi connectivity index (χ3n) is 4.27. The zero-order valence-electron chi connectivity index (χ0n) is 17.0. The summed E-state index contributed by atoms with van der Waals surface area (Å²) >= 11 is 13.0. The summed E-state index contributed by atoms with van der Waals surface area (Å²) in [7, 11) is 0. The van der Waals surface area contributed by atoms with Crippen LogP contribution in [0.4, 0.5) is 17.2 Å². The van der Waals surface area contributed by atoms with Crippen LogP contribution in [0.1, 0.15) is 0 Å². The van der Waals surface area contributed by atoms with E-state index in [0.717, 1.165) is 11.8 Å². The van der Waals surface area contributed by atoms with Gasteiger partial charge in [-0.2, -0.15) is 4.98 Å². The van der Waals surface area contributed by atoms with E-state index in [1.54, 1.807) is 28.8 Å². The van der Waals surface area contributed by atoms with Crippen LogP contribution in [0.5, 0.6) is 0 Å². The first kappa shape index (κ1) is 24.4. The fourth-order valence-electron chi connectivity index (χ4n) is 2.77. The molecular weight excluding hydrogens is 491 g/mol. The summed E-state index contributed by atoms with van der Waals surface area (Å²) in [5, 5.41) is 17.5. The van der Waals surface area contributed by atoms with Crippen LogP contribution >= 0.6 is 35.0 Å². The van der Waals surface area contributed by atoms with Crippen LogP contribution in [-0.2, 0) is 4.79 Å². The van der Waals surface area contributed by atoms with Crippen LogP contribution in [0.2, 0.25) is 10.0 Å². The normalized spacial score (nSPS) is 10.6. The van der Waals surface area contributed by atoms with Gasteiger partial charge in [0.2, 0.25) is 5.91 Å². The van der Waals surface area contributed by atoms with Gasteiger partial charge in [0.15, 0.2) is 5.16 Å². The second kappa shape index (κ2) is 11.0. The number of nitrogen functional groups attached to an aromatic ring is 1. The van der Waals surface area contributed by atoms with E-state index in [2.05, 4.69) is 15.6 Å². The van der Waals surface area contributed by atoms with Crippen molar-refractivity contribution >= 4 is 58.1 Å². The van der Waals surface area contributed by atoms with Crippen LogP contribution < -0.4 is 21.9 Å². The molecule has 0 bridgehead atoms. The number of nitro benzene ring substituents is 1. The van der Waals surface area contributed by atoms with Gasteiger partial charge in [-0.3, -0.25) is 24.3 Å². The van der Waals surface area contributed by atoms with Gasteiger partial charge in [-0.05, 0) is 30.3 Å². The molecule has 0 saturated heterocycles. The maximum Gasteiger partial charge on any atom is 0.275 e. The molecule has 0 fully saturated rings. The number of hydrogen-bond acceptors (Lipinski definition) is 8. The monoisotopic (exact) mass is 508 g/mol. The molecule has 1 aromatic heterocycles. The third-order valence-corrected chi connectivity index (χ3v) is 5.77. The van der Waals surface area contributed by atoms with Gasteiger partial charge in [0.1, 0.15) is 5.82 Å². The van der Waals surface area contributed by atoms with Gasteiger partial charge in [-0.1, -0.05) is 35.0 Å². The summed E-state index contributed by atoms with van der Waals surface area (Å²) in [4.78, 5) is 38.3. The Kier molecular flexibility index (Phi) is 8.15. The first-order chi connectivity index (χ1) is 15.7. The minimum absolute atomic E-state index is 0.00176. The maximum absolute atomic E-state index is 12.3. The Labute approximate surface area is 202 Å². The molecular formula is C20H18Cl2N6O4S. The smallest absolute Gasteiger partial charge is 0.275 e. The van der Waals surface area contributed by atoms with Gasteiger partial charge < -0.3 is 16.4 Å². The minimum Gasteiger partial charge on any atom is -0.385 e. The number of halogens is 2. The van der Waals surface area contributed by atoms with E-state index < -0.39 is 10.5 Å². The number of carbonyl (C=O) groups is 1. The second-order valence-corrected chi connectivity index (χ2v) is 8.39. The Morgan fingerprint density at radius 2 is 1.88 bits per heavy atom. The number of nitrogens with two attached hydrogens (primary N) is 1. The fourth-order valence-corrected chi connectivity index (χ4v) is 3.99. The molecule has 10 nitrogen and oxygen atoms in total. The number of nitro groups is 1. The summed E-state index contributed by atoms with van der Waals surface area (Å²) in [6.45, 7) is 0.626. The number of anilines is 2.